The maximum atomic E-state index is 11.0. The number of halogens is 1. The van der Waals surface area contributed by atoms with E-state index in [0.29, 0.717) is 0 Å². The lowest BCUT2D eigenvalue weighted by Gasteiger charge is -2.28. The molecule has 4 heteroatoms. The highest BCUT2D eigenvalue weighted by Crippen LogP contribution is 2.20. The minimum absolute atomic E-state index is 0.499. The third-order valence-electron chi connectivity index (χ3n) is 2.45. The first-order valence-corrected chi connectivity index (χ1v) is 6.10. The van der Waals surface area contributed by atoms with E-state index in [1.807, 2.05) is 36.1 Å². The highest BCUT2D eigenvalue weighted by atomic mass is 79.9. The van der Waals surface area contributed by atoms with Crippen molar-refractivity contribution in [2.75, 3.05) is 11.4 Å². The van der Waals surface area contributed by atoms with Crippen molar-refractivity contribution < 1.29 is 9.90 Å². The van der Waals surface area contributed by atoms with Gasteiger partial charge in [-0.3, -0.25) is 0 Å². The number of aliphatic carboxylic acids is 1. The van der Waals surface area contributed by atoms with Crippen LogP contribution >= 0.6 is 15.9 Å². The summed E-state index contributed by atoms with van der Waals surface area (Å²) < 4.78 is 0.996. The molecule has 0 unspecified atom stereocenters. The van der Waals surface area contributed by atoms with E-state index in [1.165, 1.54) is 0 Å². The molecule has 0 amide bonds. The van der Waals surface area contributed by atoms with E-state index in [1.54, 1.807) is 6.92 Å². The van der Waals surface area contributed by atoms with Gasteiger partial charge in [0.25, 0.3) is 0 Å². The van der Waals surface area contributed by atoms with Crippen LogP contribution in [-0.2, 0) is 4.79 Å². The van der Waals surface area contributed by atoms with Crippen LogP contribution in [0.3, 0.4) is 0 Å². The fourth-order valence-corrected chi connectivity index (χ4v) is 1.82. The summed E-state index contributed by atoms with van der Waals surface area (Å²) in [5.74, 6) is -0.795. The molecule has 0 bridgehead atoms. The van der Waals surface area contributed by atoms with Crippen molar-refractivity contribution in [3.05, 3.63) is 28.7 Å². The molecule has 0 heterocycles. The van der Waals surface area contributed by atoms with E-state index in [4.69, 9.17) is 5.11 Å². The Labute approximate surface area is 104 Å². The summed E-state index contributed by atoms with van der Waals surface area (Å²) in [6.45, 7) is 4.50. The van der Waals surface area contributed by atoms with Crippen LogP contribution in [0.5, 0.6) is 0 Å². The Balaban J connectivity index is 2.92. The Morgan fingerprint density at radius 3 is 2.44 bits per heavy atom. The SMILES string of the molecule is CCCN(c1ccc(Br)cc1)[C@H](C)C(=O)O. The van der Waals surface area contributed by atoms with Gasteiger partial charge in [0, 0.05) is 16.7 Å². The van der Waals surface area contributed by atoms with Gasteiger partial charge in [0.15, 0.2) is 0 Å². The smallest absolute Gasteiger partial charge is 0.326 e. The molecule has 0 spiro atoms. The van der Waals surface area contributed by atoms with E-state index < -0.39 is 12.0 Å². The molecule has 0 aliphatic carbocycles. The standard InChI is InChI=1S/C12H16BrNO2/c1-3-8-14(9(2)12(15)16)11-6-4-10(13)5-7-11/h4-7,9H,3,8H2,1-2H3,(H,15,16)/t9-/m1/s1. The summed E-state index contributed by atoms with van der Waals surface area (Å²) in [4.78, 5) is 12.9. The number of hydrogen-bond acceptors (Lipinski definition) is 2. The highest BCUT2D eigenvalue weighted by molar-refractivity contribution is 9.10. The second-order valence-electron chi connectivity index (χ2n) is 3.68. The second kappa shape index (κ2) is 5.89. The van der Waals surface area contributed by atoms with Gasteiger partial charge in [-0.05, 0) is 37.6 Å². The molecular formula is C12H16BrNO2. The van der Waals surface area contributed by atoms with Crippen molar-refractivity contribution in [1.29, 1.82) is 0 Å². The number of carboxylic acids is 1. The molecule has 0 aromatic heterocycles. The number of hydrogen-bond donors (Lipinski definition) is 1. The van der Waals surface area contributed by atoms with Crippen LogP contribution in [0.4, 0.5) is 5.69 Å². The average Bonchev–Trinajstić information content (AvgIpc) is 2.26. The summed E-state index contributed by atoms with van der Waals surface area (Å²) in [7, 11) is 0. The maximum absolute atomic E-state index is 11.0. The molecule has 88 valence electrons. The Morgan fingerprint density at radius 2 is 2.00 bits per heavy atom. The first kappa shape index (κ1) is 13.0. The van der Waals surface area contributed by atoms with E-state index in [0.717, 1.165) is 23.1 Å². The first-order valence-electron chi connectivity index (χ1n) is 5.31. The third kappa shape index (κ3) is 3.23. The van der Waals surface area contributed by atoms with Crippen molar-refractivity contribution in [2.45, 2.75) is 26.3 Å². The van der Waals surface area contributed by atoms with E-state index in [-0.39, 0.29) is 0 Å². The zero-order valence-electron chi connectivity index (χ0n) is 9.48. The van der Waals surface area contributed by atoms with Gasteiger partial charge in [-0.25, -0.2) is 4.79 Å². The lowest BCUT2D eigenvalue weighted by Crippen LogP contribution is -2.39. The van der Waals surface area contributed by atoms with Gasteiger partial charge in [-0.1, -0.05) is 22.9 Å². The molecule has 1 atom stereocenters. The van der Waals surface area contributed by atoms with Crippen LogP contribution in [0.1, 0.15) is 20.3 Å². The Kier molecular flexibility index (Phi) is 4.80. The average molecular weight is 286 g/mol. The maximum Gasteiger partial charge on any atom is 0.326 e. The molecule has 0 radical (unpaired) electrons. The van der Waals surface area contributed by atoms with Crippen LogP contribution in [0.2, 0.25) is 0 Å². The number of anilines is 1. The highest BCUT2D eigenvalue weighted by Gasteiger charge is 2.19. The number of rotatable bonds is 5. The molecule has 1 rings (SSSR count). The lowest BCUT2D eigenvalue weighted by molar-refractivity contribution is -0.138. The summed E-state index contributed by atoms with van der Waals surface area (Å²) in [6.07, 6.45) is 0.924. The number of nitrogens with zero attached hydrogens (tertiary/aromatic N) is 1. The van der Waals surface area contributed by atoms with Gasteiger partial charge in [0.2, 0.25) is 0 Å². The van der Waals surface area contributed by atoms with Crippen LogP contribution in [0.15, 0.2) is 28.7 Å². The summed E-state index contributed by atoms with van der Waals surface area (Å²) in [6, 6.07) is 7.21. The molecule has 3 nitrogen and oxygen atoms in total. The van der Waals surface area contributed by atoms with Gasteiger partial charge in [-0.2, -0.15) is 0 Å². The van der Waals surface area contributed by atoms with Crippen molar-refractivity contribution in [1.82, 2.24) is 0 Å². The predicted molar refractivity (Wildman–Crippen MR) is 68.9 cm³/mol. The van der Waals surface area contributed by atoms with Gasteiger partial charge < -0.3 is 10.0 Å². The third-order valence-corrected chi connectivity index (χ3v) is 2.98. The van der Waals surface area contributed by atoms with E-state index >= 15 is 0 Å². The molecular weight excluding hydrogens is 270 g/mol. The zero-order chi connectivity index (χ0) is 12.1. The van der Waals surface area contributed by atoms with Crippen molar-refractivity contribution >= 4 is 27.6 Å². The number of carboxylic acid groups (broad SMARTS) is 1. The van der Waals surface area contributed by atoms with E-state index in [2.05, 4.69) is 15.9 Å². The molecule has 16 heavy (non-hydrogen) atoms. The minimum Gasteiger partial charge on any atom is -0.480 e. The number of carbonyl (C=O) groups is 1. The molecule has 0 saturated carbocycles. The molecule has 1 aromatic rings. The van der Waals surface area contributed by atoms with Crippen LogP contribution in [0.25, 0.3) is 0 Å². The molecule has 1 N–H and O–H groups in total. The Hall–Kier alpha value is -1.03. The first-order chi connectivity index (χ1) is 7.56. The predicted octanol–water partition coefficient (Wildman–Crippen LogP) is 3.14. The zero-order valence-corrected chi connectivity index (χ0v) is 11.1. The fraction of sp³-hybridized carbons (Fsp3) is 0.417. The van der Waals surface area contributed by atoms with E-state index in [9.17, 15) is 4.79 Å². The summed E-state index contributed by atoms with van der Waals surface area (Å²) in [5, 5.41) is 9.04. The summed E-state index contributed by atoms with van der Waals surface area (Å²) >= 11 is 3.36. The monoisotopic (exact) mass is 285 g/mol. The van der Waals surface area contributed by atoms with Gasteiger partial charge in [0.1, 0.15) is 6.04 Å². The van der Waals surface area contributed by atoms with Gasteiger partial charge in [0.05, 0.1) is 0 Å². The molecule has 0 fully saturated rings. The number of benzene rings is 1. The minimum atomic E-state index is -0.795. The summed E-state index contributed by atoms with van der Waals surface area (Å²) in [5.41, 5.74) is 0.944. The normalized spacial score (nSPS) is 12.2. The Bertz CT molecular complexity index is 351. The van der Waals surface area contributed by atoms with Crippen molar-refractivity contribution in [3.8, 4) is 0 Å². The van der Waals surface area contributed by atoms with Gasteiger partial charge >= 0.3 is 5.97 Å². The van der Waals surface area contributed by atoms with Gasteiger partial charge in [-0.15, -0.1) is 0 Å². The largest absolute Gasteiger partial charge is 0.480 e. The molecule has 0 aliphatic heterocycles. The quantitative estimate of drug-likeness (QED) is 0.904. The topological polar surface area (TPSA) is 40.5 Å². The lowest BCUT2D eigenvalue weighted by atomic mass is 10.2. The van der Waals surface area contributed by atoms with Crippen LogP contribution < -0.4 is 4.90 Å². The van der Waals surface area contributed by atoms with Crippen molar-refractivity contribution in [2.24, 2.45) is 0 Å². The van der Waals surface area contributed by atoms with Crippen LogP contribution in [0, 0.1) is 0 Å². The van der Waals surface area contributed by atoms with Crippen LogP contribution in [-0.4, -0.2) is 23.7 Å². The fourth-order valence-electron chi connectivity index (χ4n) is 1.55. The molecule has 0 aliphatic rings. The Morgan fingerprint density at radius 1 is 1.44 bits per heavy atom. The molecule has 0 saturated heterocycles. The molecule has 1 aromatic carbocycles. The second-order valence-corrected chi connectivity index (χ2v) is 4.60. The van der Waals surface area contributed by atoms with Crippen molar-refractivity contribution in [3.63, 3.8) is 0 Å².